The maximum Gasteiger partial charge on any atom is 0.310 e. The van der Waals surface area contributed by atoms with Gasteiger partial charge in [-0.1, -0.05) is 19.3 Å². The van der Waals surface area contributed by atoms with Crippen LogP contribution in [0.4, 0.5) is 0 Å². The molecule has 4 heteroatoms. The molecule has 1 rings (SSSR count). The fourth-order valence-electron chi connectivity index (χ4n) is 1.77. The first-order valence-electron chi connectivity index (χ1n) is 4.59. The predicted octanol–water partition coefficient (Wildman–Crippen LogP) is 1.54. The number of amides is 1. The van der Waals surface area contributed by atoms with E-state index >= 15 is 0 Å². The van der Waals surface area contributed by atoms with Crippen LogP contribution < -0.4 is 0 Å². The van der Waals surface area contributed by atoms with E-state index < -0.39 is 11.1 Å². The van der Waals surface area contributed by atoms with Gasteiger partial charge in [-0.2, -0.15) is 0 Å². The van der Waals surface area contributed by atoms with Gasteiger partial charge >= 0.3 is 11.1 Å². The van der Waals surface area contributed by atoms with E-state index in [-0.39, 0.29) is 6.04 Å². The van der Waals surface area contributed by atoms with Gasteiger partial charge in [0.1, 0.15) is 0 Å². The van der Waals surface area contributed by atoms with Crippen molar-refractivity contribution in [3.05, 3.63) is 0 Å². The number of hydrogen-bond acceptors (Lipinski definition) is 2. The van der Waals surface area contributed by atoms with Gasteiger partial charge in [0.2, 0.25) is 0 Å². The molecule has 0 atom stereocenters. The second kappa shape index (κ2) is 4.61. The van der Waals surface area contributed by atoms with Crippen molar-refractivity contribution in [1.82, 2.24) is 4.90 Å². The van der Waals surface area contributed by atoms with Gasteiger partial charge in [0, 0.05) is 13.1 Å². The van der Waals surface area contributed by atoms with E-state index in [1.54, 1.807) is 7.05 Å². The van der Waals surface area contributed by atoms with Crippen LogP contribution in [0.1, 0.15) is 32.1 Å². The number of carbonyl (C=O) groups is 2. The van der Waals surface area contributed by atoms with Crippen LogP contribution in [0.15, 0.2) is 0 Å². The zero-order chi connectivity index (χ0) is 9.84. The fraction of sp³-hybridized carbons (Fsp3) is 0.778. The standard InChI is InChI=1S/C9H14ClNO2/c1-11(9(13)8(10)12)7-5-3-2-4-6-7/h7H,2-6H2,1H3. The van der Waals surface area contributed by atoms with Gasteiger partial charge in [0.05, 0.1) is 0 Å². The summed E-state index contributed by atoms with van der Waals surface area (Å²) in [4.78, 5) is 23.3. The maximum atomic E-state index is 11.2. The van der Waals surface area contributed by atoms with Gasteiger partial charge in [0.15, 0.2) is 0 Å². The molecule has 0 N–H and O–H groups in total. The highest BCUT2D eigenvalue weighted by Gasteiger charge is 2.25. The second-order valence-electron chi connectivity index (χ2n) is 3.48. The number of likely N-dealkylation sites (N-methyl/N-ethyl adjacent to an activating group) is 1. The molecule has 0 heterocycles. The van der Waals surface area contributed by atoms with E-state index in [2.05, 4.69) is 0 Å². The molecule has 1 amide bonds. The number of hydrogen-bond donors (Lipinski definition) is 0. The molecule has 13 heavy (non-hydrogen) atoms. The molecule has 1 aliphatic carbocycles. The minimum Gasteiger partial charge on any atom is -0.335 e. The Balaban J connectivity index is 2.49. The van der Waals surface area contributed by atoms with Crippen LogP contribution >= 0.6 is 11.6 Å². The third kappa shape index (κ3) is 2.69. The van der Waals surface area contributed by atoms with Crippen molar-refractivity contribution in [3.8, 4) is 0 Å². The summed E-state index contributed by atoms with van der Waals surface area (Å²) in [5, 5.41) is -0.881. The molecular weight excluding hydrogens is 190 g/mol. The third-order valence-electron chi connectivity index (χ3n) is 2.61. The molecule has 1 saturated carbocycles. The molecule has 0 unspecified atom stereocenters. The minimum atomic E-state index is -0.881. The number of nitrogens with zero attached hydrogens (tertiary/aromatic N) is 1. The Morgan fingerprint density at radius 3 is 2.23 bits per heavy atom. The van der Waals surface area contributed by atoms with Crippen molar-refractivity contribution in [2.24, 2.45) is 0 Å². The van der Waals surface area contributed by atoms with Crippen LogP contribution in [-0.4, -0.2) is 29.1 Å². The van der Waals surface area contributed by atoms with E-state index in [1.165, 1.54) is 11.3 Å². The highest BCUT2D eigenvalue weighted by Crippen LogP contribution is 2.21. The van der Waals surface area contributed by atoms with Gasteiger partial charge in [0.25, 0.3) is 0 Å². The summed E-state index contributed by atoms with van der Waals surface area (Å²) in [5.41, 5.74) is 0. The highest BCUT2D eigenvalue weighted by molar-refractivity contribution is 6.80. The van der Waals surface area contributed by atoms with Gasteiger partial charge in [-0.25, -0.2) is 0 Å². The van der Waals surface area contributed by atoms with Crippen molar-refractivity contribution >= 4 is 22.8 Å². The lowest BCUT2D eigenvalue weighted by molar-refractivity contribution is -0.141. The quantitative estimate of drug-likeness (QED) is 0.505. The largest absolute Gasteiger partial charge is 0.335 e. The molecule has 74 valence electrons. The monoisotopic (exact) mass is 203 g/mol. The zero-order valence-electron chi connectivity index (χ0n) is 7.75. The molecule has 0 bridgehead atoms. The molecule has 0 aromatic carbocycles. The Labute approximate surface area is 83.0 Å². The Kier molecular flexibility index (Phi) is 3.72. The molecule has 0 aromatic rings. The van der Waals surface area contributed by atoms with Crippen LogP contribution in [0.3, 0.4) is 0 Å². The first-order valence-corrected chi connectivity index (χ1v) is 4.97. The summed E-state index contributed by atoms with van der Waals surface area (Å²) >= 11 is 5.11. The summed E-state index contributed by atoms with van der Waals surface area (Å²) in [6.07, 6.45) is 5.49. The lowest BCUT2D eigenvalue weighted by Crippen LogP contribution is -2.40. The van der Waals surface area contributed by atoms with Crippen LogP contribution in [-0.2, 0) is 9.59 Å². The molecular formula is C9H14ClNO2. The third-order valence-corrected chi connectivity index (χ3v) is 2.77. The smallest absolute Gasteiger partial charge is 0.310 e. The maximum absolute atomic E-state index is 11.2. The van der Waals surface area contributed by atoms with Crippen LogP contribution in [0.25, 0.3) is 0 Å². The number of halogens is 1. The molecule has 1 fully saturated rings. The topological polar surface area (TPSA) is 37.4 Å². The zero-order valence-corrected chi connectivity index (χ0v) is 8.51. The van der Waals surface area contributed by atoms with Crippen molar-refractivity contribution in [3.63, 3.8) is 0 Å². The minimum absolute atomic E-state index is 0.212. The van der Waals surface area contributed by atoms with Crippen LogP contribution in [0.5, 0.6) is 0 Å². The van der Waals surface area contributed by atoms with Crippen molar-refractivity contribution in [2.75, 3.05) is 7.05 Å². The molecule has 0 aromatic heterocycles. The van der Waals surface area contributed by atoms with Gasteiger partial charge in [-0.3, -0.25) is 9.59 Å². The summed E-state index contributed by atoms with van der Waals surface area (Å²) in [7, 11) is 1.65. The number of carbonyl (C=O) groups excluding carboxylic acids is 2. The lowest BCUT2D eigenvalue weighted by Gasteiger charge is -2.30. The van der Waals surface area contributed by atoms with Gasteiger partial charge in [-0.05, 0) is 24.4 Å². The van der Waals surface area contributed by atoms with Gasteiger partial charge < -0.3 is 4.90 Å². The summed E-state index contributed by atoms with van der Waals surface area (Å²) in [6, 6.07) is 0.212. The van der Waals surface area contributed by atoms with E-state index in [0.29, 0.717) is 0 Å². The fourth-order valence-corrected chi connectivity index (χ4v) is 1.91. The van der Waals surface area contributed by atoms with Crippen LogP contribution in [0.2, 0.25) is 0 Å². The van der Waals surface area contributed by atoms with Crippen molar-refractivity contribution < 1.29 is 9.59 Å². The molecule has 3 nitrogen and oxygen atoms in total. The Bertz CT molecular complexity index is 212. The molecule has 0 aliphatic heterocycles. The Morgan fingerprint density at radius 2 is 1.77 bits per heavy atom. The molecule has 0 spiro atoms. The SMILES string of the molecule is CN(C(=O)C(=O)Cl)C1CCCCC1. The summed E-state index contributed by atoms with van der Waals surface area (Å²) < 4.78 is 0. The van der Waals surface area contributed by atoms with Crippen LogP contribution in [0, 0.1) is 0 Å². The first-order chi connectivity index (χ1) is 6.13. The normalized spacial score (nSPS) is 18.3. The average molecular weight is 204 g/mol. The molecule has 0 saturated heterocycles. The van der Waals surface area contributed by atoms with Crippen molar-refractivity contribution in [2.45, 2.75) is 38.1 Å². The van der Waals surface area contributed by atoms with Crippen molar-refractivity contribution in [1.29, 1.82) is 0 Å². The first kappa shape index (κ1) is 10.5. The molecule has 0 radical (unpaired) electrons. The van der Waals surface area contributed by atoms with E-state index in [0.717, 1.165) is 25.7 Å². The van der Waals surface area contributed by atoms with E-state index in [9.17, 15) is 9.59 Å². The predicted molar refractivity (Wildman–Crippen MR) is 50.5 cm³/mol. The number of rotatable bonds is 2. The molecule has 1 aliphatic rings. The van der Waals surface area contributed by atoms with E-state index in [4.69, 9.17) is 11.6 Å². The second-order valence-corrected chi connectivity index (χ2v) is 3.82. The highest BCUT2D eigenvalue weighted by atomic mass is 35.5. The Hall–Kier alpha value is -0.570. The average Bonchev–Trinajstić information content (AvgIpc) is 2.17. The summed E-state index contributed by atoms with van der Waals surface area (Å²) in [6.45, 7) is 0. The summed E-state index contributed by atoms with van der Waals surface area (Å²) in [5.74, 6) is -0.575. The Morgan fingerprint density at radius 1 is 1.23 bits per heavy atom. The van der Waals surface area contributed by atoms with E-state index in [1.807, 2.05) is 0 Å². The lowest BCUT2D eigenvalue weighted by atomic mass is 9.94. The van der Waals surface area contributed by atoms with Gasteiger partial charge in [-0.15, -0.1) is 0 Å².